The van der Waals surface area contributed by atoms with Crippen LogP contribution in [0.3, 0.4) is 0 Å². The number of hydrogen-bond donors (Lipinski definition) is 1. The molecule has 0 unspecified atom stereocenters. The van der Waals surface area contributed by atoms with Crippen molar-refractivity contribution in [1.29, 1.82) is 0 Å². The van der Waals surface area contributed by atoms with E-state index in [0.29, 0.717) is 45.6 Å². The van der Waals surface area contributed by atoms with Crippen LogP contribution in [-0.2, 0) is 10.0 Å². The summed E-state index contributed by atoms with van der Waals surface area (Å²) in [5.41, 5.74) is 0. The highest BCUT2D eigenvalue weighted by Crippen LogP contribution is 2.09. The lowest BCUT2D eigenvalue weighted by atomic mass is 10.4. The van der Waals surface area contributed by atoms with Gasteiger partial charge in [0.15, 0.2) is 0 Å². The third-order valence-electron chi connectivity index (χ3n) is 3.12. The molecule has 0 radical (unpaired) electrons. The number of carbonyl (C=O) groups is 1. The summed E-state index contributed by atoms with van der Waals surface area (Å²) in [6.45, 7) is 6.53. The molecule has 0 atom stereocenters. The highest BCUT2D eigenvalue weighted by Gasteiger charge is 2.25. The molecule has 6 nitrogen and oxygen atoms in total. The van der Waals surface area contributed by atoms with Gasteiger partial charge in [0.25, 0.3) is 0 Å². The van der Waals surface area contributed by atoms with E-state index in [9.17, 15) is 13.2 Å². The average molecular weight is 291 g/mol. The Morgan fingerprint density at radius 3 is 2.47 bits per heavy atom. The predicted octanol–water partition coefficient (Wildman–Crippen LogP) is 0.853. The molecule has 1 aliphatic rings. The van der Waals surface area contributed by atoms with Gasteiger partial charge in [-0.3, -0.25) is 0 Å². The lowest BCUT2D eigenvalue weighted by molar-refractivity contribution is 0.200. The first-order valence-electron chi connectivity index (χ1n) is 7.01. The zero-order valence-electron chi connectivity index (χ0n) is 11.9. The van der Waals surface area contributed by atoms with Gasteiger partial charge in [-0.15, -0.1) is 0 Å². The standard InChI is InChI=1S/C12H25N3O3S/c1-3-6-13-12(16)14-7-5-8-15(10-9-14)19(17,18)11-4-2/h3-11H2,1-2H3,(H,13,16). The molecule has 0 aliphatic carbocycles. The van der Waals surface area contributed by atoms with Crippen LogP contribution in [0.4, 0.5) is 4.79 Å². The fourth-order valence-electron chi connectivity index (χ4n) is 2.11. The van der Waals surface area contributed by atoms with Gasteiger partial charge < -0.3 is 10.2 Å². The van der Waals surface area contributed by atoms with Gasteiger partial charge in [0.1, 0.15) is 0 Å². The fraction of sp³-hybridized carbons (Fsp3) is 0.917. The third kappa shape index (κ3) is 4.99. The summed E-state index contributed by atoms with van der Waals surface area (Å²) in [4.78, 5) is 13.5. The van der Waals surface area contributed by atoms with Gasteiger partial charge in [-0.25, -0.2) is 17.5 Å². The van der Waals surface area contributed by atoms with Crippen molar-refractivity contribution in [3.8, 4) is 0 Å². The number of carbonyl (C=O) groups excluding carboxylic acids is 1. The van der Waals surface area contributed by atoms with Crippen LogP contribution in [0, 0.1) is 0 Å². The molecule has 1 saturated heterocycles. The summed E-state index contributed by atoms with van der Waals surface area (Å²) in [5, 5.41) is 2.83. The largest absolute Gasteiger partial charge is 0.338 e. The molecule has 7 heteroatoms. The minimum Gasteiger partial charge on any atom is -0.338 e. The molecule has 0 saturated carbocycles. The van der Waals surface area contributed by atoms with Gasteiger partial charge in [0.2, 0.25) is 10.0 Å². The number of amides is 2. The molecule has 0 bridgehead atoms. The first-order valence-corrected chi connectivity index (χ1v) is 8.62. The number of nitrogens with zero attached hydrogens (tertiary/aromatic N) is 2. The zero-order valence-corrected chi connectivity index (χ0v) is 12.7. The lowest BCUT2D eigenvalue weighted by Gasteiger charge is -2.22. The maximum absolute atomic E-state index is 12.0. The van der Waals surface area contributed by atoms with Crippen LogP contribution in [0.25, 0.3) is 0 Å². The molecular weight excluding hydrogens is 266 g/mol. The van der Waals surface area contributed by atoms with Crippen LogP contribution in [0.2, 0.25) is 0 Å². The number of urea groups is 1. The first kappa shape index (κ1) is 16.2. The Bertz CT molecular complexity index is 384. The fourth-order valence-corrected chi connectivity index (χ4v) is 3.65. The zero-order chi connectivity index (χ0) is 14.3. The van der Waals surface area contributed by atoms with E-state index in [1.807, 2.05) is 13.8 Å². The predicted molar refractivity (Wildman–Crippen MR) is 75.5 cm³/mol. The van der Waals surface area contributed by atoms with Crippen LogP contribution in [0.1, 0.15) is 33.1 Å². The third-order valence-corrected chi connectivity index (χ3v) is 5.20. The van der Waals surface area contributed by atoms with E-state index in [4.69, 9.17) is 0 Å². The van der Waals surface area contributed by atoms with E-state index < -0.39 is 10.0 Å². The molecule has 1 aliphatic heterocycles. The van der Waals surface area contributed by atoms with Crippen LogP contribution in [0.5, 0.6) is 0 Å². The van der Waals surface area contributed by atoms with Crippen molar-refractivity contribution >= 4 is 16.1 Å². The minimum absolute atomic E-state index is 0.0865. The highest BCUT2D eigenvalue weighted by molar-refractivity contribution is 7.89. The average Bonchev–Trinajstić information content (AvgIpc) is 2.62. The Morgan fingerprint density at radius 1 is 1.11 bits per heavy atom. The molecule has 2 amide bonds. The van der Waals surface area contributed by atoms with Crippen LogP contribution < -0.4 is 5.32 Å². The topological polar surface area (TPSA) is 69.7 Å². The molecule has 0 aromatic heterocycles. The second-order valence-electron chi connectivity index (χ2n) is 4.79. The molecule has 0 aromatic rings. The van der Waals surface area contributed by atoms with E-state index in [2.05, 4.69) is 5.32 Å². The van der Waals surface area contributed by atoms with E-state index in [0.717, 1.165) is 6.42 Å². The summed E-state index contributed by atoms with van der Waals surface area (Å²) in [6, 6.07) is -0.0865. The Balaban J connectivity index is 2.54. The smallest absolute Gasteiger partial charge is 0.317 e. The number of rotatable bonds is 5. The van der Waals surface area contributed by atoms with Gasteiger partial charge in [-0.1, -0.05) is 13.8 Å². The second-order valence-corrected chi connectivity index (χ2v) is 6.88. The van der Waals surface area contributed by atoms with E-state index >= 15 is 0 Å². The maximum Gasteiger partial charge on any atom is 0.317 e. The molecule has 1 rings (SSSR count). The van der Waals surface area contributed by atoms with Gasteiger partial charge in [0, 0.05) is 32.7 Å². The molecule has 0 aromatic carbocycles. The molecule has 1 fully saturated rings. The summed E-state index contributed by atoms with van der Waals surface area (Å²) in [6.07, 6.45) is 2.22. The van der Waals surface area contributed by atoms with E-state index in [1.165, 1.54) is 4.31 Å². The van der Waals surface area contributed by atoms with E-state index in [1.54, 1.807) is 4.90 Å². The number of nitrogens with one attached hydrogen (secondary N) is 1. The molecule has 0 spiro atoms. The molecular formula is C12H25N3O3S. The van der Waals surface area contributed by atoms with Crippen molar-refractivity contribution in [2.75, 3.05) is 38.5 Å². The summed E-state index contributed by atoms with van der Waals surface area (Å²) < 4.78 is 25.5. The lowest BCUT2D eigenvalue weighted by Crippen LogP contribution is -2.43. The summed E-state index contributed by atoms with van der Waals surface area (Å²) in [7, 11) is -3.15. The van der Waals surface area contributed by atoms with Crippen molar-refractivity contribution in [2.45, 2.75) is 33.1 Å². The Hall–Kier alpha value is -0.820. The van der Waals surface area contributed by atoms with Crippen molar-refractivity contribution < 1.29 is 13.2 Å². The first-order chi connectivity index (χ1) is 9.01. The van der Waals surface area contributed by atoms with Crippen LogP contribution in [-0.4, -0.2) is 62.1 Å². The number of hydrogen-bond acceptors (Lipinski definition) is 3. The Kier molecular flexibility index (Phi) is 6.57. The van der Waals surface area contributed by atoms with Crippen molar-refractivity contribution in [3.05, 3.63) is 0 Å². The van der Waals surface area contributed by atoms with Gasteiger partial charge >= 0.3 is 6.03 Å². The quantitative estimate of drug-likeness (QED) is 0.816. The molecule has 1 heterocycles. The van der Waals surface area contributed by atoms with Crippen molar-refractivity contribution in [3.63, 3.8) is 0 Å². The van der Waals surface area contributed by atoms with Gasteiger partial charge in [-0.2, -0.15) is 0 Å². The van der Waals surface area contributed by atoms with E-state index in [-0.39, 0.29) is 11.8 Å². The van der Waals surface area contributed by atoms with Crippen LogP contribution in [0.15, 0.2) is 0 Å². The maximum atomic E-state index is 12.0. The number of sulfonamides is 1. The molecule has 1 N–H and O–H groups in total. The molecule has 19 heavy (non-hydrogen) atoms. The highest BCUT2D eigenvalue weighted by atomic mass is 32.2. The Morgan fingerprint density at radius 2 is 1.84 bits per heavy atom. The van der Waals surface area contributed by atoms with Gasteiger partial charge in [-0.05, 0) is 19.3 Å². The van der Waals surface area contributed by atoms with Crippen LogP contribution >= 0.6 is 0 Å². The monoisotopic (exact) mass is 291 g/mol. The second kappa shape index (κ2) is 7.69. The van der Waals surface area contributed by atoms with Gasteiger partial charge in [0.05, 0.1) is 5.75 Å². The van der Waals surface area contributed by atoms with Crippen molar-refractivity contribution in [2.24, 2.45) is 0 Å². The summed E-state index contributed by atoms with van der Waals surface area (Å²) >= 11 is 0. The minimum atomic E-state index is -3.15. The Labute approximate surface area is 116 Å². The van der Waals surface area contributed by atoms with Crippen molar-refractivity contribution in [1.82, 2.24) is 14.5 Å². The molecule has 112 valence electrons. The normalized spacial score (nSPS) is 18.1. The SMILES string of the molecule is CCCNC(=O)N1CCCN(S(=O)(=O)CCC)CC1. The summed E-state index contributed by atoms with van der Waals surface area (Å²) in [5.74, 6) is 0.190.